The molecule has 0 aromatic heterocycles. The molecule has 0 aliphatic heterocycles. The van der Waals surface area contributed by atoms with Crippen molar-refractivity contribution in [1.82, 2.24) is 0 Å². The van der Waals surface area contributed by atoms with Crippen LogP contribution in [0.2, 0.25) is 0 Å². The Morgan fingerprint density at radius 2 is 1.88 bits per heavy atom. The second-order valence-corrected chi connectivity index (χ2v) is 7.37. The molecule has 7 nitrogen and oxygen atoms in total. The molecule has 0 heterocycles. The zero-order valence-electron chi connectivity index (χ0n) is 12.8. The predicted octanol–water partition coefficient (Wildman–Crippen LogP) is 2.21. The summed E-state index contributed by atoms with van der Waals surface area (Å²) in [6.45, 7) is 0. The molecule has 0 bridgehead atoms. The van der Waals surface area contributed by atoms with E-state index >= 15 is 0 Å². The number of sulfonamides is 1. The molecule has 2 aromatic rings. The van der Waals surface area contributed by atoms with Crippen LogP contribution in [0.3, 0.4) is 0 Å². The number of non-ortho nitro benzene ring substituents is 1. The Morgan fingerprint density at radius 1 is 1.17 bits per heavy atom. The summed E-state index contributed by atoms with van der Waals surface area (Å²) in [5.41, 5.74) is 2.51. The van der Waals surface area contributed by atoms with Gasteiger partial charge in [0.1, 0.15) is 4.90 Å². The van der Waals surface area contributed by atoms with Crippen LogP contribution in [-0.4, -0.2) is 19.4 Å². The highest BCUT2D eigenvalue weighted by Crippen LogP contribution is 2.29. The van der Waals surface area contributed by atoms with Gasteiger partial charge in [-0.1, -0.05) is 24.3 Å². The highest BCUT2D eigenvalue weighted by atomic mass is 32.2. The Morgan fingerprint density at radius 3 is 2.54 bits per heavy atom. The summed E-state index contributed by atoms with van der Waals surface area (Å²) < 4.78 is 23.6. The van der Waals surface area contributed by atoms with Crippen LogP contribution in [0.25, 0.3) is 0 Å². The van der Waals surface area contributed by atoms with Crippen molar-refractivity contribution < 1.29 is 13.3 Å². The summed E-state index contributed by atoms with van der Waals surface area (Å²) in [4.78, 5) is 9.97. The number of benzene rings is 2. The van der Waals surface area contributed by atoms with Crippen molar-refractivity contribution >= 4 is 21.4 Å². The zero-order chi connectivity index (χ0) is 17.3. The third kappa shape index (κ3) is 3.39. The molecule has 8 heteroatoms. The average molecular weight is 347 g/mol. The monoisotopic (exact) mass is 347 g/mol. The van der Waals surface area contributed by atoms with Gasteiger partial charge in [0.2, 0.25) is 10.0 Å². The molecular formula is C16H17N3O4S. The quantitative estimate of drug-likeness (QED) is 0.650. The van der Waals surface area contributed by atoms with E-state index in [0.29, 0.717) is 5.69 Å². The van der Waals surface area contributed by atoms with E-state index in [1.54, 1.807) is 0 Å². The largest absolute Gasteiger partial charge is 0.381 e. The summed E-state index contributed by atoms with van der Waals surface area (Å²) in [6.07, 6.45) is 2.50. The number of anilines is 1. The van der Waals surface area contributed by atoms with Gasteiger partial charge in [-0.2, -0.15) is 0 Å². The Hall–Kier alpha value is -2.45. The third-order valence-electron chi connectivity index (χ3n) is 4.19. The molecule has 0 spiro atoms. The molecule has 0 saturated heterocycles. The molecule has 0 saturated carbocycles. The van der Waals surface area contributed by atoms with Gasteiger partial charge in [-0.3, -0.25) is 10.1 Å². The summed E-state index contributed by atoms with van der Waals surface area (Å²) in [6, 6.07) is 11.8. The first-order valence-corrected chi connectivity index (χ1v) is 9.04. The van der Waals surface area contributed by atoms with E-state index in [4.69, 9.17) is 5.14 Å². The summed E-state index contributed by atoms with van der Waals surface area (Å²) in [5.74, 6) is 0. The minimum absolute atomic E-state index is 0.0434. The lowest BCUT2D eigenvalue weighted by molar-refractivity contribution is -0.385. The molecule has 0 radical (unpaired) electrons. The minimum atomic E-state index is -4.07. The van der Waals surface area contributed by atoms with Crippen molar-refractivity contribution in [2.24, 2.45) is 5.14 Å². The molecule has 126 valence electrons. The van der Waals surface area contributed by atoms with E-state index in [1.807, 2.05) is 12.1 Å². The molecule has 1 aliphatic rings. The lowest BCUT2D eigenvalue weighted by Crippen LogP contribution is -2.28. The summed E-state index contributed by atoms with van der Waals surface area (Å²) in [7, 11) is -4.07. The van der Waals surface area contributed by atoms with Crippen LogP contribution in [0.5, 0.6) is 0 Å². The maximum absolute atomic E-state index is 11.8. The Kier molecular flexibility index (Phi) is 4.25. The summed E-state index contributed by atoms with van der Waals surface area (Å²) >= 11 is 0. The number of nitrogens with zero attached hydrogens (tertiary/aromatic N) is 1. The first kappa shape index (κ1) is 16.4. The van der Waals surface area contributed by atoms with Crippen LogP contribution in [0.15, 0.2) is 47.4 Å². The van der Waals surface area contributed by atoms with Gasteiger partial charge in [-0.05, 0) is 36.5 Å². The highest BCUT2D eigenvalue weighted by molar-refractivity contribution is 7.89. The van der Waals surface area contributed by atoms with Gasteiger partial charge in [0, 0.05) is 18.2 Å². The average Bonchev–Trinajstić information content (AvgIpc) is 2.54. The molecule has 0 amide bonds. The Bertz CT molecular complexity index is 896. The van der Waals surface area contributed by atoms with E-state index in [1.165, 1.54) is 23.3 Å². The van der Waals surface area contributed by atoms with Gasteiger partial charge < -0.3 is 5.32 Å². The molecule has 2 aromatic carbocycles. The van der Waals surface area contributed by atoms with E-state index in [0.717, 1.165) is 25.3 Å². The van der Waals surface area contributed by atoms with E-state index < -0.39 is 14.9 Å². The number of hydrogen-bond acceptors (Lipinski definition) is 5. The smallest absolute Gasteiger partial charge is 0.270 e. The fourth-order valence-electron chi connectivity index (χ4n) is 3.02. The fourth-order valence-corrected chi connectivity index (χ4v) is 3.74. The number of nitro groups is 1. The van der Waals surface area contributed by atoms with Crippen LogP contribution >= 0.6 is 0 Å². The number of hydrogen-bond donors (Lipinski definition) is 2. The van der Waals surface area contributed by atoms with Crippen molar-refractivity contribution in [3.8, 4) is 0 Å². The van der Waals surface area contributed by atoms with Gasteiger partial charge >= 0.3 is 0 Å². The predicted molar refractivity (Wildman–Crippen MR) is 90.3 cm³/mol. The second kappa shape index (κ2) is 6.21. The van der Waals surface area contributed by atoms with E-state index in [-0.39, 0.29) is 16.6 Å². The fraction of sp³-hybridized carbons (Fsp3) is 0.250. The standard InChI is InChI=1S/C16H17N3O4S/c17-24(22,23)16-10-14(19(20)21)7-8-15(16)18-13-6-5-11-3-1-2-4-12(11)9-13/h1-4,7-8,10,13,18H,5-6,9H2,(H2,17,22,23). The molecule has 3 N–H and O–H groups in total. The van der Waals surface area contributed by atoms with Crippen LogP contribution in [0, 0.1) is 10.1 Å². The van der Waals surface area contributed by atoms with Crippen molar-refractivity contribution in [3.05, 3.63) is 63.7 Å². The molecule has 0 fully saturated rings. The van der Waals surface area contributed by atoms with Crippen LogP contribution in [0.4, 0.5) is 11.4 Å². The van der Waals surface area contributed by atoms with Crippen molar-refractivity contribution in [2.75, 3.05) is 5.32 Å². The topological polar surface area (TPSA) is 115 Å². The Balaban J connectivity index is 1.89. The first-order valence-electron chi connectivity index (χ1n) is 7.49. The number of nitrogens with two attached hydrogens (primary N) is 1. The van der Waals surface area contributed by atoms with Gasteiger partial charge in [0.25, 0.3) is 5.69 Å². The zero-order valence-corrected chi connectivity index (χ0v) is 13.6. The number of nitro benzene ring substituents is 1. The number of rotatable bonds is 4. The lowest BCUT2D eigenvalue weighted by Gasteiger charge is -2.27. The molecule has 1 unspecified atom stereocenters. The molecular weight excluding hydrogens is 330 g/mol. The minimum Gasteiger partial charge on any atom is -0.381 e. The number of primary sulfonamides is 1. The third-order valence-corrected chi connectivity index (χ3v) is 5.14. The maximum Gasteiger partial charge on any atom is 0.270 e. The van der Waals surface area contributed by atoms with Crippen LogP contribution in [0.1, 0.15) is 17.5 Å². The number of fused-ring (bicyclic) bond motifs is 1. The van der Waals surface area contributed by atoms with Gasteiger partial charge in [0.15, 0.2) is 0 Å². The molecule has 1 atom stereocenters. The van der Waals surface area contributed by atoms with Crippen molar-refractivity contribution in [3.63, 3.8) is 0 Å². The van der Waals surface area contributed by atoms with Crippen molar-refractivity contribution in [2.45, 2.75) is 30.2 Å². The van der Waals surface area contributed by atoms with Gasteiger partial charge in [0.05, 0.1) is 10.6 Å². The first-order chi connectivity index (χ1) is 11.3. The highest BCUT2D eigenvalue weighted by Gasteiger charge is 2.23. The van der Waals surface area contributed by atoms with Crippen LogP contribution < -0.4 is 10.5 Å². The van der Waals surface area contributed by atoms with Gasteiger partial charge in [-0.25, -0.2) is 13.6 Å². The molecule has 3 rings (SSSR count). The van der Waals surface area contributed by atoms with Gasteiger partial charge in [-0.15, -0.1) is 0 Å². The van der Waals surface area contributed by atoms with E-state index in [9.17, 15) is 18.5 Å². The van der Waals surface area contributed by atoms with Crippen molar-refractivity contribution in [1.29, 1.82) is 0 Å². The SMILES string of the molecule is NS(=O)(=O)c1cc([N+](=O)[O-])ccc1NC1CCc2ccccc2C1. The second-order valence-electron chi connectivity index (χ2n) is 5.84. The Labute approximate surface area is 139 Å². The number of aryl methyl sites for hydroxylation is 1. The normalized spacial score (nSPS) is 17.1. The van der Waals surface area contributed by atoms with E-state index in [2.05, 4.69) is 17.4 Å². The van der Waals surface area contributed by atoms with Crippen LogP contribution in [-0.2, 0) is 22.9 Å². The number of nitrogens with one attached hydrogen (secondary N) is 1. The lowest BCUT2D eigenvalue weighted by atomic mass is 9.88. The maximum atomic E-state index is 11.8. The molecule has 24 heavy (non-hydrogen) atoms. The summed E-state index contributed by atoms with van der Waals surface area (Å²) in [5, 5.41) is 19.3. The molecule has 1 aliphatic carbocycles.